The van der Waals surface area contributed by atoms with Crippen LogP contribution >= 0.6 is 0 Å². The summed E-state index contributed by atoms with van der Waals surface area (Å²) >= 11 is 0. The normalized spacial score (nSPS) is 19.7. The molecule has 1 atom stereocenters. The molecule has 3 rings (SSSR count). The lowest BCUT2D eigenvalue weighted by molar-refractivity contribution is -0.125. The minimum Gasteiger partial charge on any atom is -0.481 e. The minimum atomic E-state index is -0.463. The molecule has 1 aliphatic rings. The van der Waals surface area contributed by atoms with Crippen molar-refractivity contribution in [3.8, 4) is 5.75 Å². The molecule has 0 saturated heterocycles. The Morgan fingerprint density at radius 2 is 1.96 bits per heavy atom. The molecule has 0 unspecified atom stereocenters. The molecule has 4 heteroatoms. The lowest BCUT2D eigenvalue weighted by Crippen LogP contribution is -2.47. The van der Waals surface area contributed by atoms with Crippen LogP contribution < -0.4 is 10.1 Å². The smallest absolute Gasteiger partial charge is 0.258 e. The van der Waals surface area contributed by atoms with Crippen LogP contribution in [0.25, 0.3) is 0 Å². The molecule has 3 nitrogen and oxygen atoms in total. The van der Waals surface area contributed by atoms with E-state index in [4.69, 9.17) is 4.74 Å². The Kier molecular flexibility index (Phi) is 4.33. The van der Waals surface area contributed by atoms with E-state index >= 15 is 0 Å². The fourth-order valence-corrected chi connectivity index (χ4v) is 3.22. The fraction of sp³-hybridized carbons (Fsp3) is 0.316. The maximum atomic E-state index is 13.5. The van der Waals surface area contributed by atoms with Crippen molar-refractivity contribution in [1.29, 1.82) is 0 Å². The van der Waals surface area contributed by atoms with Gasteiger partial charge in [0.25, 0.3) is 5.91 Å². The van der Waals surface area contributed by atoms with Crippen LogP contribution in [0.5, 0.6) is 5.75 Å². The number of halogens is 1. The Bertz CT molecular complexity index is 716. The van der Waals surface area contributed by atoms with Crippen LogP contribution in [0.1, 0.15) is 30.9 Å². The molecule has 0 fully saturated rings. The first kappa shape index (κ1) is 15.5. The molecular weight excluding hydrogens is 293 g/mol. The number of nitrogens with one attached hydrogen (secondary N) is 1. The van der Waals surface area contributed by atoms with Gasteiger partial charge < -0.3 is 10.1 Å². The first-order valence-corrected chi connectivity index (χ1v) is 7.85. The van der Waals surface area contributed by atoms with Crippen molar-refractivity contribution in [3.05, 3.63) is 65.5 Å². The summed E-state index contributed by atoms with van der Waals surface area (Å²) in [5.74, 6) is -0.612. The Labute approximate surface area is 135 Å². The molecule has 0 spiro atoms. The fourth-order valence-electron chi connectivity index (χ4n) is 3.22. The zero-order valence-corrected chi connectivity index (χ0v) is 13.1. The Balaban J connectivity index is 1.67. The summed E-state index contributed by atoms with van der Waals surface area (Å²) in [6.07, 6.45) is 2.95. The number of hydrogen-bond acceptors (Lipinski definition) is 2. The van der Waals surface area contributed by atoms with Crippen LogP contribution in [-0.4, -0.2) is 12.5 Å². The van der Waals surface area contributed by atoms with Crippen molar-refractivity contribution < 1.29 is 13.9 Å². The van der Waals surface area contributed by atoms with Gasteiger partial charge >= 0.3 is 0 Å². The molecule has 0 aromatic heterocycles. The number of amides is 1. The van der Waals surface area contributed by atoms with Gasteiger partial charge in [-0.1, -0.05) is 36.4 Å². The molecule has 1 amide bonds. The van der Waals surface area contributed by atoms with Gasteiger partial charge in [-0.15, -0.1) is 0 Å². The van der Waals surface area contributed by atoms with Crippen molar-refractivity contribution in [3.63, 3.8) is 0 Å². The quantitative estimate of drug-likeness (QED) is 0.937. The highest BCUT2D eigenvalue weighted by Gasteiger charge is 2.33. The summed E-state index contributed by atoms with van der Waals surface area (Å²) < 4.78 is 18.8. The molecule has 0 saturated carbocycles. The first-order valence-electron chi connectivity index (χ1n) is 7.85. The second-order valence-electron chi connectivity index (χ2n) is 6.11. The van der Waals surface area contributed by atoms with Crippen molar-refractivity contribution in [2.45, 2.75) is 31.7 Å². The number of aryl methyl sites for hydroxylation is 1. The van der Waals surface area contributed by atoms with Gasteiger partial charge in [0.1, 0.15) is 0 Å². The average molecular weight is 313 g/mol. The minimum absolute atomic E-state index is 0.0943. The highest BCUT2D eigenvalue weighted by Crippen LogP contribution is 2.34. The van der Waals surface area contributed by atoms with Crippen molar-refractivity contribution >= 4 is 5.91 Å². The summed E-state index contributed by atoms with van der Waals surface area (Å²) in [6, 6.07) is 14.3. The molecule has 120 valence electrons. The highest BCUT2D eigenvalue weighted by atomic mass is 19.1. The topological polar surface area (TPSA) is 38.3 Å². The van der Waals surface area contributed by atoms with Gasteiger partial charge in [0, 0.05) is 0 Å². The van der Waals surface area contributed by atoms with Crippen LogP contribution in [0.2, 0.25) is 0 Å². The second-order valence-corrected chi connectivity index (χ2v) is 6.11. The number of ether oxygens (including phenoxy) is 1. The van der Waals surface area contributed by atoms with Gasteiger partial charge in [-0.05, 0) is 49.4 Å². The van der Waals surface area contributed by atoms with Crippen LogP contribution in [0.3, 0.4) is 0 Å². The molecule has 0 bridgehead atoms. The Morgan fingerprint density at radius 3 is 2.78 bits per heavy atom. The number of hydrogen-bond donors (Lipinski definition) is 1. The SMILES string of the molecule is C[C@]1(NC(=O)COc2ccccc2F)CCCc2ccccc21. The molecule has 0 radical (unpaired) electrons. The Hall–Kier alpha value is -2.36. The monoisotopic (exact) mass is 313 g/mol. The van der Waals surface area contributed by atoms with E-state index in [0.717, 1.165) is 24.8 Å². The van der Waals surface area contributed by atoms with Gasteiger partial charge in [0.2, 0.25) is 0 Å². The van der Waals surface area contributed by atoms with Crippen molar-refractivity contribution in [2.24, 2.45) is 0 Å². The lowest BCUT2D eigenvalue weighted by Gasteiger charge is -2.36. The van der Waals surface area contributed by atoms with E-state index in [1.807, 2.05) is 19.1 Å². The van der Waals surface area contributed by atoms with Gasteiger partial charge in [0.15, 0.2) is 18.2 Å². The van der Waals surface area contributed by atoms with E-state index in [2.05, 4.69) is 17.4 Å². The maximum Gasteiger partial charge on any atom is 0.258 e. The summed E-state index contributed by atoms with van der Waals surface area (Å²) in [4.78, 5) is 12.3. The van der Waals surface area contributed by atoms with Crippen LogP contribution in [0.4, 0.5) is 4.39 Å². The first-order chi connectivity index (χ1) is 11.1. The average Bonchev–Trinajstić information content (AvgIpc) is 2.54. The third kappa shape index (κ3) is 3.36. The molecule has 0 heterocycles. The lowest BCUT2D eigenvalue weighted by atomic mass is 9.78. The number of para-hydroxylation sites is 1. The van der Waals surface area contributed by atoms with Gasteiger partial charge in [-0.2, -0.15) is 0 Å². The predicted octanol–water partition coefficient (Wildman–Crippen LogP) is 3.57. The molecule has 0 aliphatic heterocycles. The molecular formula is C19H20FNO2. The summed E-state index contributed by atoms with van der Waals surface area (Å²) in [6.45, 7) is 1.84. The van der Waals surface area contributed by atoms with Gasteiger partial charge in [-0.25, -0.2) is 4.39 Å². The Morgan fingerprint density at radius 1 is 1.22 bits per heavy atom. The summed E-state index contributed by atoms with van der Waals surface area (Å²) in [5.41, 5.74) is 2.03. The largest absolute Gasteiger partial charge is 0.481 e. The second kappa shape index (κ2) is 6.41. The third-order valence-corrected chi connectivity index (χ3v) is 4.35. The number of carbonyl (C=O) groups excluding carboxylic acids is 1. The van der Waals surface area contributed by atoms with Crippen LogP contribution in [-0.2, 0) is 16.8 Å². The van der Waals surface area contributed by atoms with E-state index < -0.39 is 11.4 Å². The maximum absolute atomic E-state index is 13.5. The van der Waals surface area contributed by atoms with E-state index in [1.165, 1.54) is 17.7 Å². The predicted molar refractivity (Wildman–Crippen MR) is 86.8 cm³/mol. The highest BCUT2D eigenvalue weighted by molar-refractivity contribution is 5.78. The summed E-state index contributed by atoms with van der Waals surface area (Å²) in [7, 11) is 0. The number of rotatable bonds is 4. The van der Waals surface area contributed by atoms with E-state index in [-0.39, 0.29) is 18.3 Å². The zero-order chi connectivity index (χ0) is 16.3. The molecule has 1 aliphatic carbocycles. The van der Waals surface area contributed by atoms with Gasteiger partial charge in [-0.3, -0.25) is 4.79 Å². The van der Waals surface area contributed by atoms with Crippen molar-refractivity contribution in [2.75, 3.05) is 6.61 Å². The van der Waals surface area contributed by atoms with E-state index in [9.17, 15) is 9.18 Å². The number of benzene rings is 2. The third-order valence-electron chi connectivity index (χ3n) is 4.35. The van der Waals surface area contributed by atoms with Crippen molar-refractivity contribution in [1.82, 2.24) is 5.32 Å². The number of carbonyl (C=O) groups is 1. The van der Waals surface area contributed by atoms with Gasteiger partial charge in [0.05, 0.1) is 5.54 Å². The molecule has 2 aromatic carbocycles. The van der Waals surface area contributed by atoms with E-state index in [0.29, 0.717) is 0 Å². The molecule has 1 N–H and O–H groups in total. The zero-order valence-electron chi connectivity index (χ0n) is 13.1. The van der Waals surface area contributed by atoms with E-state index in [1.54, 1.807) is 12.1 Å². The standard InChI is InChI=1S/C19H20FNO2/c1-19(12-6-8-14-7-2-3-9-15(14)19)21-18(22)13-23-17-11-5-4-10-16(17)20/h2-5,7,9-11H,6,8,12-13H2,1H3,(H,21,22)/t19-/m0/s1. The van der Waals surface area contributed by atoms with Crippen LogP contribution in [0, 0.1) is 5.82 Å². The molecule has 23 heavy (non-hydrogen) atoms. The van der Waals surface area contributed by atoms with Crippen LogP contribution in [0.15, 0.2) is 48.5 Å². The number of fused-ring (bicyclic) bond motifs is 1. The summed E-state index contributed by atoms with van der Waals surface area (Å²) in [5, 5.41) is 3.05. The molecule has 2 aromatic rings.